The molecule has 2 saturated heterocycles. The van der Waals surface area contributed by atoms with Crippen molar-refractivity contribution in [1.29, 1.82) is 0 Å². The molecule has 0 radical (unpaired) electrons. The third kappa shape index (κ3) is 8.04. The zero-order chi connectivity index (χ0) is 21.9. The normalized spacial score (nSPS) is 21.3. The summed E-state index contributed by atoms with van der Waals surface area (Å²) in [5, 5.41) is 9.30. The van der Waals surface area contributed by atoms with Gasteiger partial charge in [0, 0.05) is 31.6 Å². The Morgan fingerprint density at radius 2 is 1.97 bits per heavy atom. The molecule has 3 heterocycles. The fraction of sp³-hybridized carbons (Fsp3) is 0.792. The molecule has 2 aliphatic heterocycles. The molecule has 0 aromatic carbocycles. The lowest BCUT2D eigenvalue weighted by Crippen LogP contribution is -2.44. The molecule has 0 aliphatic carbocycles. The summed E-state index contributed by atoms with van der Waals surface area (Å²) in [5.74, 6) is 2.54. The van der Waals surface area contributed by atoms with Crippen LogP contribution in [-0.2, 0) is 4.74 Å². The number of nitrogens with zero attached hydrogens (tertiary/aromatic N) is 3. The van der Waals surface area contributed by atoms with Crippen molar-refractivity contribution in [1.82, 2.24) is 20.4 Å². The van der Waals surface area contributed by atoms with Crippen LogP contribution in [0.25, 0.3) is 0 Å². The number of guanidine groups is 1. The summed E-state index contributed by atoms with van der Waals surface area (Å²) in [5.41, 5.74) is 0. The number of methoxy groups -OCH3 is 1. The van der Waals surface area contributed by atoms with Gasteiger partial charge in [-0.2, -0.15) is 0 Å². The highest BCUT2D eigenvalue weighted by Gasteiger charge is 2.25. The number of likely N-dealkylation sites (tertiary alicyclic amines) is 2. The Balaban J connectivity index is 1.52. The van der Waals surface area contributed by atoms with Crippen LogP contribution in [-0.4, -0.2) is 81.8 Å². The minimum atomic E-state index is 0.395. The van der Waals surface area contributed by atoms with Gasteiger partial charge in [-0.3, -0.25) is 9.89 Å². The lowest BCUT2D eigenvalue weighted by atomic mass is 9.97. The Morgan fingerprint density at radius 1 is 1.19 bits per heavy atom. The fourth-order valence-electron chi connectivity index (χ4n) is 4.60. The monoisotopic (exact) mass is 449 g/mol. The number of hydrogen-bond donors (Lipinski definition) is 2. The second-order valence-corrected chi connectivity index (χ2v) is 10.1. The van der Waals surface area contributed by atoms with Crippen LogP contribution < -0.4 is 10.6 Å². The third-order valence-electron chi connectivity index (χ3n) is 6.77. The second kappa shape index (κ2) is 13.4. The van der Waals surface area contributed by atoms with E-state index in [1.54, 1.807) is 7.11 Å². The quantitative estimate of drug-likeness (QED) is 0.423. The summed E-state index contributed by atoms with van der Waals surface area (Å²) in [6.07, 6.45) is 5.10. The molecule has 31 heavy (non-hydrogen) atoms. The number of thiophene rings is 1. The fourth-order valence-corrected chi connectivity index (χ4v) is 5.45. The molecule has 1 aromatic rings. The van der Waals surface area contributed by atoms with Crippen LogP contribution in [0.3, 0.4) is 0 Å². The molecule has 0 spiro atoms. The predicted octanol–water partition coefficient (Wildman–Crippen LogP) is 3.43. The minimum absolute atomic E-state index is 0.395. The van der Waals surface area contributed by atoms with Crippen molar-refractivity contribution in [3.8, 4) is 0 Å². The first-order valence-corrected chi connectivity index (χ1v) is 13.1. The van der Waals surface area contributed by atoms with Crippen molar-refractivity contribution in [2.45, 2.75) is 45.6 Å². The van der Waals surface area contributed by atoms with Gasteiger partial charge >= 0.3 is 0 Å². The van der Waals surface area contributed by atoms with Crippen molar-refractivity contribution in [3.63, 3.8) is 0 Å². The zero-order valence-corrected chi connectivity index (χ0v) is 20.6. The molecule has 1 atom stereocenters. The van der Waals surface area contributed by atoms with Gasteiger partial charge in [0.1, 0.15) is 0 Å². The van der Waals surface area contributed by atoms with Gasteiger partial charge in [0.15, 0.2) is 5.96 Å². The van der Waals surface area contributed by atoms with Gasteiger partial charge in [-0.25, -0.2) is 0 Å². The molecule has 2 aliphatic rings. The largest absolute Gasteiger partial charge is 0.383 e. The first-order valence-electron chi connectivity index (χ1n) is 12.2. The molecular formula is C24H43N5OS. The Labute approximate surface area is 193 Å². The van der Waals surface area contributed by atoms with E-state index in [1.165, 1.54) is 56.7 Å². The van der Waals surface area contributed by atoms with E-state index in [-0.39, 0.29) is 0 Å². The van der Waals surface area contributed by atoms with Crippen molar-refractivity contribution < 1.29 is 4.74 Å². The molecule has 7 heteroatoms. The highest BCUT2D eigenvalue weighted by molar-refractivity contribution is 7.10. The van der Waals surface area contributed by atoms with Crippen LogP contribution in [0.4, 0.5) is 0 Å². The Hall–Kier alpha value is -1.15. The van der Waals surface area contributed by atoms with Gasteiger partial charge in [-0.15, -0.1) is 11.3 Å². The number of piperidine rings is 2. The smallest absolute Gasteiger partial charge is 0.191 e. The van der Waals surface area contributed by atoms with Crippen molar-refractivity contribution in [2.75, 3.05) is 66.1 Å². The number of aliphatic imine (C=N–C) groups is 1. The van der Waals surface area contributed by atoms with Crippen LogP contribution in [0.1, 0.15) is 50.4 Å². The van der Waals surface area contributed by atoms with Gasteiger partial charge in [0.25, 0.3) is 0 Å². The number of rotatable bonds is 10. The highest BCUT2D eigenvalue weighted by Crippen LogP contribution is 2.29. The molecule has 2 N–H and O–H groups in total. The van der Waals surface area contributed by atoms with Crippen LogP contribution in [0.15, 0.2) is 22.5 Å². The minimum Gasteiger partial charge on any atom is -0.383 e. The average molecular weight is 450 g/mol. The number of hydrogen-bond acceptors (Lipinski definition) is 5. The topological polar surface area (TPSA) is 52.1 Å². The van der Waals surface area contributed by atoms with Crippen LogP contribution in [0.5, 0.6) is 0 Å². The molecule has 2 fully saturated rings. The summed E-state index contributed by atoms with van der Waals surface area (Å²) in [4.78, 5) is 11.6. The average Bonchev–Trinajstić information content (AvgIpc) is 3.32. The van der Waals surface area contributed by atoms with Crippen molar-refractivity contribution in [2.24, 2.45) is 16.8 Å². The molecule has 0 amide bonds. The van der Waals surface area contributed by atoms with E-state index < -0.39 is 0 Å². The molecule has 6 nitrogen and oxygen atoms in total. The van der Waals surface area contributed by atoms with E-state index in [1.807, 2.05) is 11.3 Å². The maximum absolute atomic E-state index is 5.22. The van der Waals surface area contributed by atoms with Gasteiger partial charge in [-0.05, 0) is 82.1 Å². The summed E-state index contributed by atoms with van der Waals surface area (Å²) >= 11 is 1.87. The molecule has 3 rings (SSSR count). The van der Waals surface area contributed by atoms with E-state index in [9.17, 15) is 0 Å². The molecule has 1 aromatic heterocycles. The second-order valence-electron chi connectivity index (χ2n) is 9.13. The van der Waals surface area contributed by atoms with Gasteiger partial charge in [0.05, 0.1) is 19.2 Å². The molecule has 1 unspecified atom stereocenters. The van der Waals surface area contributed by atoms with Gasteiger partial charge < -0.3 is 20.3 Å². The maximum atomic E-state index is 5.22. The highest BCUT2D eigenvalue weighted by atomic mass is 32.1. The van der Waals surface area contributed by atoms with E-state index >= 15 is 0 Å². The van der Waals surface area contributed by atoms with E-state index in [2.05, 4.69) is 51.8 Å². The SMILES string of the molecule is CCNC(=NCC(c1cccs1)N1CCC(C)CC1)NCC1CCN(CCOC)CC1. The summed E-state index contributed by atoms with van der Waals surface area (Å²) in [7, 11) is 1.78. The van der Waals surface area contributed by atoms with Crippen molar-refractivity contribution in [3.05, 3.63) is 22.4 Å². The lowest BCUT2D eigenvalue weighted by molar-refractivity contribution is 0.120. The van der Waals surface area contributed by atoms with E-state index in [0.717, 1.165) is 50.6 Å². The maximum Gasteiger partial charge on any atom is 0.191 e. The van der Waals surface area contributed by atoms with Crippen LogP contribution in [0.2, 0.25) is 0 Å². The first-order chi connectivity index (χ1) is 15.2. The predicted molar refractivity (Wildman–Crippen MR) is 132 cm³/mol. The van der Waals surface area contributed by atoms with E-state index in [0.29, 0.717) is 6.04 Å². The number of nitrogens with one attached hydrogen (secondary N) is 2. The lowest BCUT2D eigenvalue weighted by Gasteiger charge is -2.35. The van der Waals surface area contributed by atoms with Crippen molar-refractivity contribution >= 4 is 17.3 Å². The summed E-state index contributed by atoms with van der Waals surface area (Å²) < 4.78 is 5.22. The zero-order valence-electron chi connectivity index (χ0n) is 19.8. The van der Waals surface area contributed by atoms with Gasteiger partial charge in [-0.1, -0.05) is 13.0 Å². The first kappa shape index (κ1) is 24.5. The Kier molecular flexibility index (Phi) is 10.6. The van der Waals surface area contributed by atoms with E-state index in [4.69, 9.17) is 9.73 Å². The van der Waals surface area contributed by atoms with Gasteiger partial charge in [0.2, 0.25) is 0 Å². The number of ether oxygens (including phenoxy) is 1. The third-order valence-corrected chi connectivity index (χ3v) is 7.75. The molecule has 0 bridgehead atoms. The molecule has 176 valence electrons. The summed E-state index contributed by atoms with van der Waals surface area (Å²) in [6, 6.07) is 4.85. The Morgan fingerprint density at radius 3 is 2.61 bits per heavy atom. The standard InChI is InChI=1S/C24H43N5OS/c1-4-25-24(26-18-21-9-11-28(12-10-21)15-16-30-3)27-19-22(23-6-5-17-31-23)29-13-7-20(2)8-14-29/h5-6,17,20-22H,4,7-16,18-19H2,1-3H3,(H2,25,26,27). The summed E-state index contributed by atoms with van der Waals surface area (Å²) in [6.45, 7) is 13.9. The molecular weight excluding hydrogens is 406 g/mol. The Bertz CT molecular complexity index is 622. The molecule has 0 saturated carbocycles. The van der Waals surface area contributed by atoms with Crippen LogP contribution >= 0.6 is 11.3 Å². The van der Waals surface area contributed by atoms with Crippen LogP contribution in [0, 0.1) is 11.8 Å².